The van der Waals surface area contributed by atoms with Crippen LogP contribution in [0.15, 0.2) is 36.4 Å². The molecule has 0 bridgehead atoms. The monoisotopic (exact) mass is 312 g/mol. The summed E-state index contributed by atoms with van der Waals surface area (Å²) in [4.78, 5) is 12.3. The molecule has 2 nitrogen and oxygen atoms in total. The second-order valence-electron chi connectivity index (χ2n) is 4.17. The number of hydrogen-bond donors (Lipinski definition) is 0. The van der Waals surface area contributed by atoms with Crippen LogP contribution >= 0.6 is 34.8 Å². The molecule has 0 aromatic heterocycles. The highest BCUT2D eigenvalue weighted by atomic mass is 35.5. The Morgan fingerprint density at radius 1 is 0.947 bits per heavy atom. The molecule has 2 aromatic rings. The molecule has 0 spiro atoms. The number of fused-ring (bicyclic) bond motifs is 1. The van der Waals surface area contributed by atoms with E-state index < -0.39 is 6.10 Å². The zero-order chi connectivity index (χ0) is 13.6. The van der Waals surface area contributed by atoms with Crippen LogP contribution in [0.1, 0.15) is 22.0 Å². The van der Waals surface area contributed by atoms with Gasteiger partial charge in [-0.3, -0.25) is 4.79 Å². The van der Waals surface area contributed by atoms with Crippen molar-refractivity contribution in [2.24, 2.45) is 0 Å². The quantitative estimate of drug-likeness (QED) is 0.743. The van der Waals surface area contributed by atoms with Crippen LogP contribution in [-0.4, -0.2) is 5.78 Å². The van der Waals surface area contributed by atoms with Crippen molar-refractivity contribution in [3.05, 3.63) is 62.6 Å². The van der Waals surface area contributed by atoms with E-state index in [4.69, 9.17) is 39.5 Å². The van der Waals surface area contributed by atoms with E-state index in [1.54, 1.807) is 30.3 Å². The van der Waals surface area contributed by atoms with Crippen LogP contribution in [-0.2, 0) is 0 Å². The van der Waals surface area contributed by atoms with Gasteiger partial charge in [-0.1, -0.05) is 46.9 Å². The van der Waals surface area contributed by atoms with Crippen molar-refractivity contribution in [2.75, 3.05) is 0 Å². The Hall–Kier alpha value is -1.22. The molecule has 5 heteroatoms. The van der Waals surface area contributed by atoms with Crippen molar-refractivity contribution in [3.63, 3.8) is 0 Å². The maximum absolute atomic E-state index is 12.3. The standard InChI is InChI=1S/C14H7Cl3O2/c15-8-3-1-7(2-4-8)14-13(18)12-10(17)5-9(16)6-11(12)19-14/h1-6,14H. The molecule has 0 N–H and O–H groups in total. The molecule has 2 aromatic carbocycles. The van der Waals surface area contributed by atoms with E-state index in [9.17, 15) is 4.79 Å². The third kappa shape index (κ3) is 2.20. The Labute approximate surface area is 124 Å². The predicted molar refractivity (Wildman–Crippen MR) is 75.6 cm³/mol. The molecular formula is C14H7Cl3O2. The largest absolute Gasteiger partial charge is 0.477 e. The van der Waals surface area contributed by atoms with Gasteiger partial charge >= 0.3 is 0 Å². The number of carbonyl (C=O) groups is 1. The smallest absolute Gasteiger partial charge is 0.213 e. The van der Waals surface area contributed by atoms with Crippen LogP contribution in [0.5, 0.6) is 5.75 Å². The van der Waals surface area contributed by atoms with Crippen LogP contribution in [0, 0.1) is 0 Å². The van der Waals surface area contributed by atoms with E-state index in [1.807, 2.05) is 0 Å². The van der Waals surface area contributed by atoms with E-state index in [-0.39, 0.29) is 5.78 Å². The van der Waals surface area contributed by atoms with Crippen molar-refractivity contribution in [2.45, 2.75) is 6.10 Å². The van der Waals surface area contributed by atoms with Gasteiger partial charge in [-0.15, -0.1) is 0 Å². The van der Waals surface area contributed by atoms with Crippen LogP contribution in [0.2, 0.25) is 15.1 Å². The fraction of sp³-hybridized carbons (Fsp3) is 0.0714. The molecule has 0 saturated heterocycles. The molecule has 19 heavy (non-hydrogen) atoms. The van der Waals surface area contributed by atoms with Crippen LogP contribution in [0.3, 0.4) is 0 Å². The molecule has 0 aliphatic carbocycles. The zero-order valence-electron chi connectivity index (χ0n) is 9.49. The third-order valence-corrected chi connectivity index (χ3v) is 3.69. The lowest BCUT2D eigenvalue weighted by Gasteiger charge is -2.09. The summed E-state index contributed by atoms with van der Waals surface area (Å²) in [5.41, 5.74) is 1.11. The topological polar surface area (TPSA) is 26.3 Å². The van der Waals surface area contributed by atoms with Gasteiger partial charge in [-0.05, 0) is 24.3 Å². The first-order valence-electron chi connectivity index (χ1n) is 5.51. The maximum Gasteiger partial charge on any atom is 0.213 e. The van der Waals surface area contributed by atoms with Gasteiger partial charge in [0.15, 0.2) is 6.10 Å². The fourth-order valence-corrected chi connectivity index (χ4v) is 2.74. The lowest BCUT2D eigenvalue weighted by Crippen LogP contribution is -2.10. The Morgan fingerprint density at radius 2 is 1.63 bits per heavy atom. The van der Waals surface area contributed by atoms with Crippen molar-refractivity contribution in [1.82, 2.24) is 0 Å². The molecule has 1 heterocycles. The highest BCUT2D eigenvalue weighted by molar-refractivity contribution is 6.37. The van der Waals surface area contributed by atoms with E-state index >= 15 is 0 Å². The Balaban J connectivity index is 2.04. The minimum absolute atomic E-state index is 0.168. The summed E-state index contributed by atoms with van der Waals surface area (Å²) in [5.74, 6) is 0.251. The van der Waals surface area contributed by atoms with Gasteiger partial charge in [0, 0.05) is 15.6 Å². The van der Waals surface area contributed by atoms with Crippen molar-refractivity contribution in [1.29, 1.82) is 0 Å². The zero-order valence-corrected chi connectivity index (χ0v) is 11.8. The maximum atomic E-state index is 12.3. The predicted octanol–water partition coefficient (Wildman–Crippen LogP) is 4.96. The summed E-state index contributed by atoms with van der Waals surface area (Å²) < 4.78 is 5.65. The van der Waals surface area contributed by atoms with Crippen molar-refractivity contribution in [3.8, 4) is 5.75 Å². The van der Waals surface area contributed by atoms with E-state index in [0.717, 1.165) is 5.56 Å². The number of benzene rings is 2. The van der Waals surface area contributed by atoms with Crippen LogP contribution < -0.4 is 4.74 Å². The second kappa shape index (κ2) is 4.71. The summed E-state index contributed by atoms with van der Waals surface area (Å²) in [6.07, 6.45) is -0.691. The van der Waals surface area contributed by atoms with Gasteiger partial charge in [0.1, 0.15) is 5.75 Å². The molecule has 1 unspecified atom stereocenters. The SMILES string of the molecule is O=C1c2c(Cl)cc(Cl)cc2OC1c1ccc(Cl)cc1. The molecular weight excluding hydrogens is 307 g/mol. The summed E-state index contributed by atoms with van der Waals surface area (Å²) >= 11 is 17.8. The Kier molecular flexibility index (Phi) is 3.17. The molecule has 0 amide bonds. The molecule has 96 valence electrons. The number of ether oxygens (including phenoxy) is 1. The first-order chi connectivity index (χ1) is 9.06. The average Bonchev–Trinajstić information content (AvgIpc) is 2.67. The van der Waals surface area contributed by atoms with Gasteiger partial charge in [0.25, 0.3) is 0 Å². The number of halogens is 3. The highest BCUT2D eigenvalue weighted by Crippen LogP contribution is 2.42. The number of ketones is 1. The van der Waals surface area contributed by atoms with Gasteiger partial charge in [-0.2, -0.15) is 0 Å². The first-order valence-corrected chi connectivity index (χ1v) is 6.65. The molecule has 1 aliphatic rings. The first kappa shape index (κ1) is 12.8. The number of Topliss-reactive ketones (excluding diaryl/α,β-unsaturated/α-hetero) is 1. The molecule has 1 aliphatic heterocycles. The molecule has 1 atom stereocenters. The van der Waals surface area contributed by atoms with Gasteiger partial charge in [0.2, 0.25) is 5.78 Å². The van der Waals surface area contributed by atoms with E-state index in [0.29, 0.717) is 26.4 Å². The second-order valence-corrected chi connectivity index (χ2v) is 5.45. The van der Waals surface area contributed by atoms with Gasteiger partial charge in [-0.25, -0.2) is 0 Å². The van der Waals surface area contributed by atoms with E-state index in [2.05, 4.69) is 0 Å². The minimum Gasteiger partial charge on any atom is -0.477 e. The van der Waals surface area contributed by atoms with Crippen LogP contribution in [0.25, 0.3) is 0 Å². The number of rotatable bonds is 1. The van der Waals surface area contributed by atoms with Crippen LogP contribution in [0.4, 0.5) is 0 Å². The van der Waals surface area contributed by atoms with Gasteiger partial charge < -0.3 is 4.74 Å². The molecule has 0 fully saturated rings. The Morgan fingerprint density at radius 3 is 2.32 bits per heavy atom. The minimum atomic E-state index is -0.691. The highest BCUT2D eigenvalue weighted by Gasteiger charge is 2.35. The summed E-state index contributed by atoms with van der Waals surface area (Å²) in [7, 11) is 0. The Bertz CT molecular complexity index is 665. The normalized spacial score (nSPS) is 17.2. The molecule has 3 rings (SSSR count). The number of carbonyl (C=O) groups excluding carboxylic acids is 1. The molecule has 0 radical (unpaired) electrons. The van der Waals surface area contributed by atoms with Crippen molar-refractivity contribution < 1.29 is 9.53 Å². The molecule has 0 saturated carbocycles. The van der Waals surface area contributed by atoms with E-state index in [1.165, 1.54) is 6.07 Å². The average molecular weight is 314 g/mol. The summed E-state index contributed by atoms with van der Waals surface area (Å²) in [5, 5.41) is 1.35. The van der Waals surface area contributed by atoms with Gasteiger partial charge in [0.05, 0.1) is 10.6 Å². The summed E-state index contributed by atoms with van der Waals surface area (Å²) in [6.45, 7) is 0. The van der Waals surface area contributed by atoms with Crippen molar-refractivity contribution >= 4 is 40.6 Å². The third-order valence-electron chi connectivity index (χ3n) is 2.92. The number of hydrogen-bond acceptors (Lipinski definition) is 2. The fourth-order valence-electron chi connectivity index (χ4n) is 2.05. The lowest BCUT2D eigenvalue weighted by atomic mass is 10.0. The summed E-state index contributed by atoms with van der Waals surface area (Å²) in [6, 6.07) is 10.1. The lowest BCUT2D eigenvalue weighted by molar-refractivity contribution is 0.0858.